The number of likely N-dealkylation sites (N-methyl/N-ethyl adjacent to an activating group) is 1. The number of rotatable bonds is 4. The minimum absolute atomic E-state index is 0. The second kappa shape index (κ2) is 7.70. The zero-order chi connectivity index (χ0) is 15.5. The number of ether oxygens (including phenoxy) is 3. The molecule has 0 atom stereocenters. The Balaban J connectivity index is 0.00000242. The molecule has 0 N–H and O–H groups in total. The topological polar surface area (TPSA) is 48.0 Å². The van der Waals surface area contributed by atoms with Gasteiger partial charge in [0.25, 0.3) is 0 Å². The molecule has 0 fully saturated rings. The van der Waals surface area contributed by atoms with Crippen LogP contribution in [0.15, 0.2) is 18.2 Å². The lowest BCUT2D eigenvalue weighted by atomic mass is 10.1. The highest BCUT2D eigenvalue weighted by atomic mass is 35.5. The van der Waals surface area contributed by atoms with Crippen molar-refractivity contribution in [3.05, 3.63) is 23.8 Å². The fourth-order valence-corrected chi connectivity index (χ4v) is 1.86. The number of carbonyl (C=O) groups is 1. The van der Waals surface area contributed by atoms with Crippen molar-refractivity contribution in [3.63, 3.8) is 0 Å². The first-order chi connectivity index (χ1) is 9.88. The van der Waals surface area contributed by atoms with Crippen molar-refractivity contribution in [2.45, 2.75) is 26.3 Å². The average molecular weight is 330 g/mol. The number of hydrogen-bond donors (Lipinski definition) is 0. The summed E-state index contributed by atoms with van der Waals surface area (Å²) in [6, 6.07) is 5.11. The molecule has 6 heteroatoms. The van der Waals surface area contributed by atoms with E-state index in [2.05, 4.69) is 25.7 Å². The predicted octanol–water partition coefficient (Wildman–Crippen LogP) is 2.77. The number of fused-ring (bicyclic) bond motifs is 1. The number of nitrogens with zero attached hydrogens (tertiary/aromatic N) is 1. The van der Waals surface area contributed by atoms with Crippen LogP contribution in [0.1, 0.15) is 31.1 Å². The second-order valence-corrected chi connectivity index (χ2v) is 6.09. The maximum absolute atomic E-state index is 12.0. The second-order valence-electron chi connectivity index (χ2n) is 6.09. The Kier molecular flexibility index (Phi) is 6.50. The van der Waals surface area contributed by atoms with Crippen molar-refractivity contribution in [2.75, 3.05) is 33.4 Å². The van der Waals surface area contributed by atoms with E-state index in [1.807, 2.05) is 7.05 Å². The first kappa shape index (κ1) is 18.6. The van der Waals surface area contributed by atoms with Crippen LogP contribution in [0.3, 0.4) is 0 Å². The first-order valence-electron chi connectivity index (χ1n) is 7.16. The number of hydrogen-bond acceptors (Lipinski definition) is 5. The number of carbonyl (C=O) groups excluding carboxylic acids is 1. The molecule has 1 aromatic rings. The molecule has 2 rings (SSSR count). The Morgan fingerprint density at radius 1 is 1.23 bits per heavy atom. The summed E-state index contributed by atoms with van der Waals surface area (Å²) in [5.41, 5.74) is 0.543. The number of halogens is 1. The van der Waals surface area contributed by atoms with Crippen molar-refractivity contribution >= 4 is 18.4 Å². The smallest absolute Gasteiger partial charge is 0.338 e. The van der Waals surface area contributed by atoms with E-state index in [4.69, 9.17) is 14.2 Å². The van der Waals surface area contributed by atoms with Gasteiger partial charge in [0.15, 0.2) is 11.5 Å². The van der Waals surface area contributed by atoms with Crippen molar-refractivity contribution < 1.29 is 19.0 Å². The molecular weight excluding hydrogens is 306 g/mol. The van der Waals surface area contributed by atoms with Gasteiger partial charge in [-0.3, -0.25) is 4.90 Å². The van der Waals surface area contributed by atoms with Crippen LogP contribution in [-0.2, 0) is 4.74 Å². The molecule has 5 nitrogen and oxygen atoms in total. The van der Waals surface area contributed by atoms with E-state index in [-0.39, 0.29) is 23.9 Å². The summed E-state index contributed by atoms with van der Waals surface area (Å²) in [5.74, 6) is 0.932. The van der Waals surface area contributed by atoms with Gasteiger partial charge in [-0.05, 0) is 46.0 Å². The minimum Gasteiger partial charge on any atom is -0.486 e. The van der Waals surface area contributed by atoms with E-state index in [0.717, 1.165) is 0 Å². The molecule has 0 aliphatic carbocycles. The molecule has 0 saturated heterocycles. The van der Waals surface area contributed by atoms with Crippen LogP contribution in [0.2, 0.25) is 0 Å². The lowest BCUT2D eigenvalue weighted by molar-refractivity contribution is 0.0422. The molecule has 22 heavy (non-hydrogen) atoms. The molecule has 124 valence electrons. The van der Waals surface area contributed by atoms with Crippen LogP contribution in [0.4, 0.5) is 0 Å². The summed E-state index contributed by atoms with van der Waals surface area (Å²) in [6.45, 7) is 8.46. The van der Waals surface area contributed by atoms with Crippen LogP contribution in [0, 0.1) is 0 Å². The van der Waals surface area contributed by atoms with E-state index in [1.54, 1.807) is 18.2 Å². The Labute approximate surface area is 137 Å². The maximum atomic E-state index is 12.0. The maximum Gasteiger partial charge on any atom is 0.338 e. The lowest BCUT2D eigenvalue weighted by Gasteiger charge is -2.31. The molecular formula is C16H24ClNO4. The van der Waals surface area contributed by atoms with Crippen molar-refractivity contribution in [1.82, 2.24) is 4.90 Å². The Hall–Kier alpha value is -1.46. The first-order valence-corrected chi connectivity index (χ1v) is 7.16. The van der Waals surface area contributed by atoms with Gasteiger partial charge in [-0.15, -0.1) is 12.4 Å². The highest BCUT2D eigenvalue weighted by Crippen LogP contribution is 2.30. The Bertz CT molecular complexity index is 513. The van der Waals surface area contributed by atoms with Crippen LogP contribution >= 0.6 is 12.4 Å². The highest BCUT2D eigenvalue weighted by molar-refractivity contribution is 5.90. The van der Waals surface area contributed by atoms with E-state index in [9.17, 15) is 4.79 Å². The summed E-state index contributed by atoms with van der Waals surface area (Å²) in [7, 11) is 2.01. The van der Waals surface area contributed by atoms with Gasteiger partial charge < -0.3 is 14.2 Å². The average Bonchev–Trinajstić information content (AvgIpc) is 2.45. The third kappa shape index (κ3) is 4.78. The molecule has 1 aromatic carbocycles. The molecule has 0 bridgehead atoms. The van der Waals surface area contributed by atoms with Crippen LogP contribution in [0.25, 0.3) is 0 Å². The summed E-state index contributed by atoms with van der Waals surface area (Å²) >= 11 is 0. The number of esters is 1. The molecule has 0 amide bonds. The van der Waals surface area contributed by atoms with Crippen LogP contribution in [-0.4, -0.2) is 49.8 Å². The molecule has 1 heterocycles. The standard InChI is InChI=1S/C16H23NO4.ClH/c1-16(2,3)17(4)7-8-21-15(18)12-5-6-13-14(11-12)20-10-9-19-13;/h5-6,11H,7-10H2,1-4H3;1H. The zero-order valence-electron chi connectivity index (χ0n) is 13.5. The van der Waals surface area contributed by atoms with Crippen LogP contribution < -0.4 is 9.47 Å². The van der Waals surface area contributed by atoms with Gasteiger partial charge in [0.2, 0.25) is 0 Å². The molecule has 1 aliphatic heterocycles. The Morgan fingerprint density at radius 2 is 1.86 bits per heavy atom. The molecule has 0 aromatic heterocycles. The van der Waals surface area contributed by atoms with E-state index >= 15 is 0 Å². The predicted molar refractivity (Wildman–Crippen MR) is 87.3 cm³/mol. The Morgan fingerprint density at radius 3 is 2.50 bits per heavy atom. The summed E-state index contributed by atoms with van der Waals surface area (Å²) < 4.78 is 16.2. The van der Waals surface area contributed by atoms with E-state index in [1.165, 1.54) is 0 Å². The molecule has 0 unspecified atom stereocenters. The molecule has 0 radical (unpaired) electrons. The molecule has 0 spiro atoms. The largest absolute Gasteiger partial charge is 0.486 e. The third-order valence-corrected chi connectivity index (χ3v) is 3.58. The van der Waals surface area contributed by atoms with Crippen molar-refractivity contribution in [3.8, 4) is 11.5 Å². The van der Waals surface area contributed by atoms with Crippen LogP contribution in [0.5, 0.6) is 11.5 Å². The van der Waals surface area contributed by atoms with Crippen molar-refractivity contribution in [2.24, 2.45) is 0 Å². The van der Waals surface area contributed by atoms with Gasteiger partial charge in [-0.25, -0.2) is 4.79 Å². The SMILES string of the molecule is CN(CCOC(=O)c1ccc2c(c1)OCCO2)C(C)(C)C.Cl. The van der Waals surface area contributed by atoms with Gasteiger partial charge in [-0.2, -0.15) is 0 Å². The van der Waals surface area contributed by atoms with Gasteiger partial charge in [0.1, 0.15) is 19.8 Å². The van der Waals surface area contributed by atoms with Crippen molar-refractivity contribution in [1.29, 1.82) is 0 Å². The molecule has 0 saturated carbocycles. The van der Waals surface area contributed by atoms with Gasteiger partial charge in [0, 0.05) is 12.1 Å². The fourth-order valence-electron chi connectivity index (χ4n) is 1.86. The molecule has 1 aliphatic rings. The minimum atomic E-state index is -0.339. The monoisotopic (exact) mass is 329 g/mol. The summed E-state index contributed by atoms with van der Waals surface area (Å²) in [5, 5.41) is 0. The van der Waals surface area contributed by atoms with Gasteiger partial charge in [-0.1, -0.05) is 0 Å². The zero-order valence-corrected chi connectivity index (χ0v) is 14.4. The van der Waals surface area contributed by atoms with E-state index in [0.29, 0.717) is 43.4 Å². The highest BCUT2D eigenvalue weighted by Gasteiger charge is 2.18. The normalized spacial score (nSPS) is 13.5. The number of benzene rings is 1. The van der Waals surface area contributed by atoms with E-state index < -0.39 is 0 Å². The summed E-state index contributed by atoms with van der Waals surface area (Å²) in [4.78, 5) is 14.2. The lowest BCUT2D eigenvalue weighted by Crippen LogP contribution is -2.40. The van der Waals surface area contributed by atoms with Gasteiger partial charge in [0.05, 0.1) is 5.56 Å². The fraction of sp³-hybridized carbons (Fsp3) is 0.562. The van der Waals surface area contributed by atoms with Gasteiger partial charge >= 0.3 is 5.97 Å². The third-order valence-electron chi connectivity index (χ3n) is 3.58. The summed E-state index contributed by atoms with van der Waals surface area (Å²) in [6.07, 6.45) is 0. The quantitative estimate of drug-likeness (QED) is 0.795.